The van der Waals surface area contributed by atoms with E-state index in [9.17, 15) is 8.63 Å². The van der Waals surface area contributed by atoms with Crippen molar-refractivity contribution in [3.05, 3.63) is 0 Å². The molecule has 0 rings (SSSR count). The van der Waals surface area contributed by atoms with E-state index < -0.39 is 4.68 Å². The van der Waals surface area contributed by atoms with Crippen molar-refractivity contribution in [1.82, 2.24) is 0 Å². The first-order valence-electron chi connectivity index (χ1n) is 0.978. The minimum atomic E-state index is -0.395. The van der Waals surface area contributed by atoms with Crippen molar-refractivity contribution in [3.63, 3.8) is 0 Å². The quantitative estimate of drug-likeness (QED) is 0.458. The van der Waals surface area contributed by atoms with Gasteiger partial charge in [0.1, 0.15) is 0 Å². The molecule has 34 valence electrons. The normalized spacial score (nSPS) is 8.20. The van der Waals surface area contributed by atoms with Crippen molar-refractivity contribution < 1.29 is 23.5 Å². The van der Waals surface area contributed by atoms with E-state index in [0.29, 0.717) is 0 Å². The first kappa shape index (κ1) is 4.99. The van der Waals surface area contributed by atoms with E-state index in [0.717, 1.165) is 0 Å². The monoisotopic (exact) mass is 122 g/mol. The second kappa shape index (κ2) is 2.24. The van der Waals surface area contributed by atoms with Gasteiger partial charge in [0, 0.05) is 0 Å². The Hall–Kier alpha value is -0.0105. The molecule has 0 heterocycles. The summed E-state index contributed by atoms with van der Waals surface area (Å²) >= 11 is 0.0625. The molecule has 2 nitrogen and oxygen atoms in total. The summed E-state index contributed by atoms with van der Waals surface area (Å²) in [6.07, 6.45) is 0. The van der Waals surface area contributed by atoms with Crippen LogP contribution in [0.5, 0.6) is 0 Å². The molecule has 0 radical (unpaired) electrons. The van der Waals surface area contributed by atoms with Crippen molar-refractivity contribution in [2.75, 3.05) is 0 Å². The van der Waals surface area contributed by atoms with Crippen LogP contribution < -0.4 is 0 Å². The molecular weight excluding hydrogens is 120 g/mol. The first-order valence-corrected chi connectivity index (χ1v) is 1.83. The van der Waals surface area contributed by atoms with Gasteiger partial charge in [-0.1, -0.05) is 0 Å². The first-order chi connectivity index (χ1) is 2.27. The molecule has 0 aromatic heterocycles. The second-order valence-electron chi connectivity index (χ2n) is 0.478. The van der Waals surface area contributed by atoms with Gasteiger partial charge in [0.2, 0.25) is 0 Å². The van der Waals surface area contributed by atoms with Crippen LogP contribution in [0.2, 0.25) is 0 Å². The van der Waals surface area contributed by atoms with Crippen LogP contribution >= 0.6 is 0 Å². The molecular formula is C2H3CuO2. The Morgan fingerprint density at radius 1 is 1.80 bits per heavy atom. The van der Waals surface area contributed by atoms with E-state index in [4.69, 9.17) is 0 Å². The zero-order chi connectivity index (χ0) is 4.28. The number of carbonyl (C=O) groups excluding carboxylic acids is 1. The molecule has 0 saturated heterocycles. The molecule has 3 heteroatoms. The van der Waals surface area contributed by atoms with Crippen LogP contribution in [0.25, 0.3) is 0 Å². The average molecular weight is 123 g/mol. The van der Waals surface area contributed by atoms with Gasteiger partial charge < -0.3 is 0 Å². The molecule has 0 N–H and O–H groups in total. The molecule has 0 aromatic rings. The van der Waals surface area contributed by atoms with Crippen LogP contribution in [-0.2, 0) is 23.5 Å². The molecule has 0 spiro atoms. The Balaban J connectivity index is 3.20. The van der Waals surface area contributed by atoms with Gasteiger partial charge in [-0.2, -0.15) is 0 Å². The topological polar surface area (TPSA) is 34.1 Å². The van der Waals surface area contributed by atoms with Crippen molar-refractivity contribution >= 4 is 4.68 Å². The van der Waals surface area contributed by atoms with Crippen molar-refractivity contribution in [1.29, 1.82) is 0 Å². The number of rotatable bonds is 1. The van der Waals surface area contributed by atoms with Gasteiger partial charge in [0.25, 0.3) is 0 Å². The zero-order valence-corrected chi connectivity index (χ0v) is 3.56. The molecule has 0 atom stereocenters. The molecule has 5 heavy (non-hydrogen) atoms. The van der Waals surface area contributed by atoms with Crippen LogP contribution in [0.1, 0.15) is 6.92 Å². The minimum absolute atomic E-state index is 0.0625. The van der Waals surface area contributed by atoms with Crippen molar-refractivity contribution in [2.24, 2.45) is 0 Å². The molecule has 0 bridgehead atoms. The Morgan fingerprint density at radius 2 is 2.00 bits per heavy atom. The maximum atomic E-state index is 9.46. The fourth-order valence-electron chi connectivity index (χ4n) is 0. The van der Waals surface area contributed by atoms with E-state index in [-0.39, 0.29) is 14.9 Å². The summed E-state index contributed by atoms with van der Waals surface area (Å²) in [7, 11) is 0. The van der Waals surface area contributed by atoms with Crippen LogP contribution in [0.3, 0.4) is 0 Å². The summed E-state index contributed by atoms with van der Waals surface area (Å²) in [6.45, 7) is 1.23. The summed E-state index contributed by atoms with van der Waals surface area (Å²) < 4.78 is 8.79. The fraction of sp³-hybridized carbons (Fsp3) is 0.500. The molecule has 0 fully saturated rings. The molecule has 0 aliphatic heterocycles. The van der Waals surface area contributed by atoms with Gasteiger partial charge in [-0.3, -0.25) is 0 Å². The predicted octanol–water partition coefficient (Wildman–Crippen LogP) is -0.0391. The van der Waals surface area contributed by atoms with Gasteiger partial charge in [0.15, 0.2) is 0 Å². The molecule has 0 amide bonds. The fourth-order valence-corrected chi connectivity index (χ4v) is 0. The van der Waals surface area contributed by atoms with Gasteiger partial charge in [0.05, 0.1) is 0 Å². The van der Waals surface area contributed by atoms with Crippen molar-refractivity contribution in [3.8, 4) is 0 Å². The number of hydrogen-bond donors (Lipinski definition) is 0. The Kier molecular flexibility index (Phi) is 2.24. The SMILES string of the molecule is C[C](=O)[Cu]=[O]. The van der Waals surface area contributed by atoms with E-state index in [1.165, 1.54) is 6.92 Å². The average Bonchev–Trinajstić information content (AvgIpc) is 1.38. The number of carbonyl (C=O) groups is 1. The van der Waals surface area contributed by atoms with Crippen LogP contribution in [0.15, 0.2) is 0 Å². The van der Waals surface area contributed by atoms with E-state index in [1.807, 2.05) is 0 Å². The maximum absolute atomic E-state index is 9.46. The van der Waals surface area contributed by atoms with E-state index in [1.54, 1.807) is 0 Å². The van der Waals surface area contributed by atoms with Crippen LogP contribution in [0.4, 0.5) is 0 Å². The molecule has 0 aromatic carbocycles. The molecule has 0 saturated carbocycles. The Labute approximate surface area is 35.9 Å². The van der Waals surface area contributed by atoms with Gasteiger partial charge >= 0.3 is 35.1 Å². The Morgan fingerprint density at radius 3 is 2.00 bits per heavy atom. The molecule has 0 aliphatic carbocycles. The predicted molar refractivity (Wildman–Crippen MR) is 11.4 cm³/mol. The third-order valence-corrected chi connectivity index (χ3v) is 0.357. The zero-order valence-electron chi connectivity index (χ0n) is 2.62. The second-order valence-corrected chi connectivity index (χ2v) is 1.33. The molecule has 0 aliphatic rings. The third-order valence-electron chi connectivity index (χ3n) is 0.0867. The van der Waals surface area contributed by atoms with Gasteiger partial charge in [-0.25, -0.2) is 0 Å². The number of hydrogen-bond acceptors (Lipinski definition) is 2. The third kappa shape index (κ3) is 3.99. The standard InChI is InChI=1S/C2H3O.Cu.O/c1-2-3;;/h1H3;;. The summed E-state index contributed by atoms with van der Waals surface area (Å²) in [6, 6.07) is 0. The summed E-state index contributed by atoms with van der Waals surface area (Å²) in [5.41, 5.74) is 0. The van der Waals surface area contributed by atoms with Crippen molar-refractivity contribution in [2.45, 2.75) is 6.92 Å². The van der Waals surface area contributed by atoms with E-state index in [2.05, 4.69) is 0 Å². The van der Waals surface area contributed by atoms with Gasteiger partial charge in [-0.05, 0) is 0 Å². The Bertz CT molecular complexity index is 58.7. The van der Waals surface area contributed by atoms with Crippen LogP contribution in [-0.4, -0.2) is 4.68 Å². The molecule has 0 unspecified atom stereocenters. The van der Waals surface area contributed by atoms with Crippen LogP contribution in [0, 0.1) is 0 Å². The van der Waals surface area contributed by atoms with Gasteiger partial charge in [-0.15, -0.1) is 0 Å². The summed E-state index contributed by atoms with van der Waals surface area (Å²) in [5.74, 6) is 0. The summed E-state index contributed by atoms with van der Waals surface area (Å²) in [4.78, 5) is 9.46. The summed E-state index contributed by atoms with van der Waals surface area (Å²) in [5, 5.41) is 0. The van der Waals surface area contributed by atoms with E-state index >= 15 is 0 Å².